The average Bonchev–Trinajstić information content (AvgIpc) is 3.25. The summed E-state index contributed by atoms with van der Waals surface area (Å²) in [4.78, 5) is 24.8. The predicted molar refractivity (Wildman–Crippen MR) is 258 cm³/mol. The molecule has 1 unspecified atom stereocenters. The largest absolute Gasteiger partial charge is 0.378 e. The Morgan fingerprint density at radius 2 is 1.20 bits per heavy atom. The zero-order valence-corrected chi connectivity index (χ0v) is 42.3. The van der Waals surface area contributed by atoms with Crippen LogP contribution in [0.3, 0.4) is 0 Å². The summed E-state index contributed by atoms with van der Waals surface area (Å²) in [5, 5.41) is 2.31. The van der Waals surface area contributed by atoms with Gasteiger partial charge < -0.3 is 5.73 Å². The molecule has 2 N–H and O–H groups in total. The van der Waals surface area contributed by atoms with E-state index in [-0.39, 0.29) is 29.8 Å². The Labute approximate surface area is 372 Å². The number of aromatic nitrogens is 3. The molecular formula is C44H64Br2N6S4. The topological polar surface area (TPSA) is 89.4 Å². The summed E-state index contributed by atoms with van der Waals surface area (Å²) in [6.07, 6.45) is 7.73. The van der Waals surface area contributed by atoms with Gasteiger partial charge in [-0.15, -0.1) is 11.8 Å². The van der Waals surface area contributed by atoms with Crippen molar-refractivity contribution in [2.45, 2.75) is 181 Å². The average molecular weight is 965 g/mol. The Morgan fingerprint density at radius 3 is 1.66 bits per heavy atom. The highest BCUT2D eigenvalue weighted by molar-refractivity contribution is 9.10. The fourth-order valence-electron chi connectivity index (χ4n) is 7.01. The quantitative estimate of drug-likeness (QED) is 0.0740. The molecule has 1 aromatic heterocycles. The molecule has 308 valence electrons. The third kappa shape index (κ3) is 15.2. The summed E-state index contributed by atoms with van der Waals surface area (Å²) in [7, 11) is 0. The zero-order chi connectivity index (χ0) is 41.7. The smallest absolute Gasteiger partial charge is 0.192 e. The van der Waals surface area contributed by atoms with Crippen LogP contribution < -0.4 is 5.73 Å². The molecule has 1 atom stereocenters. The number of halogens is 2. The van der Waals surface area contributed by atoms with Crippen molar-refractivity contribution < 1.29 is 0 Å². The molecule has 0 bridgehead atoms. The Morgan fingerprint density at radius 1 is 0.696 bits per heavy atom. The number of benzene rings is 2. The third-order valence-corrected chi connectivity index (χ3v) is 13.7. The number of aliphatic imine (C=N–C) groups is 2. The van der Waals surface area contributed by atoms with Crippen molar-refractivity contribution in [1.82, 2.24) is 15.0 Å². The number of hydrogen-bond acceptors (Lipinski definition) is 8. The number of rotatable bonds is 14. The van der Waals surface area contributed by atoms with E-state index in [0.29, 0.717) is 5.17 Å². The van der Waals surface area contributed by atoms with Gasteiger partial charge in [0.05, 0.1) is 5.37 Å². The standard InChI is InChI=1S/C44H64Br2N6S4/c1-28(53-40(2,3)4)48-35(49-37(47)54-41(5,6)7)18-14-16-24-44(33-26-29(45)20-22-31(33)32-23-21-30(46)27-34(32)44)25-17-15-19-36-50-38(55-42(8,9)10)52-39(51-36)56-43(11,12)13/h20-23,26-28H,14-19,24-25H2,1-13H3,(H2,47,48,49). The van der Waals surface area contributed by atoms with Crippen LogP contribution in [0, 0.1) is 0 Å². The second-order valence-corrected chi connectivity index (χ2v) is 28.1. The molecular weight excluding hydrogens is 901 g/mol. The van der Waals surface area contributed by atoms with Gasteiger partial charge >= 0.3 is 0 Å². The molecule has 0 aliphatic heterocycles. The van der Waals surface area contributed by atoms with Crippen LogP contribution in [-0.2, 0) is 11.8 Å². The van der Waals surface area contributed by atoms with Crippen LogP contribution in [0.5, 0.6) is 0 Å². The minimum atomic E-state index is -0.130. The van der Waals surface area contributed by atoms with Crippen molar-refractivity contribution in [2.75, 3.05) is 0 Å². The van der Waals surface area contributed by atoms with Gasteiger partial charge in [0, 0.05) is 46.2 Å². The van der Waals surface area contributed by atoms with E-state index < -0.39 is 0 Å². The summed E-state index contributed by atoms with van der Waals surface area (Å²) in [6, 6.07) is 13.7. The van der Waals surface area contributed by atoms with Crippen LogP contribution in [0.1, 0.15) is 152 Å². The lowest BCUT2D eigenvalue weighted by Gasteiger charge is -2.33. The van der Waals surface area contributed by atoms with Gasteiger partial charge in [0.15, 0.2) is 15.5 Å². The summed E-state index contributed by atoms with van der Waals surface area (Å²) < 4.78 is 2.35. The van der Waals surface area contributed by atoms with Gasteiger partial charge in [-0.25, -0.2) is 15.0 Å². The van der Waals surface area contributed by atoms with Gasteiger partial charge in [0.2, 0.25) is 0 Å². The minimum absolute atomic E-state index is 0.0150. The predicted octanol–water partition coefficient (Wildman–Crippen LogP) is 14.5. The fraction of sp³-hybridized carbons (Fsp3) is 0.614. The molecule has 4 rings (SSSR count). The normalized spacial score (nSPS) is 15.6. The SMILES string of the molecule is CC(/N=C(/CCCCC1(CCCCc2nc(SC(C)(C)C)nc(SC(C)(C)C)n2)c2cc(Br)ccc2-c2ccc(Br)cc21)N=C(N)SC(C)(C)C)SC(C)(C)C. The fourth-order valence-corrected chi connectivity index (χ4v) is 11.4. The number of amidine groups is 2. The van der Waals surface area contributed by atoms with E-state index in [0.717, 1.165) is 82.3 Å². The molecule has 6 nitrogen and oxygen atoms in total. The molecule has 0 saturated heterocycles. The first kappa shape index (κ1) is 47.6. The van der Waals surface area contributed by atoms with Gasteiger partial charge in [0.1, 0.15) is 11.7 Å². The molecule has 0 saturated carbocycles. The van der Waals surface area contributed by atoms with Crippen LogP contribution >= 0.6 is 78.9 Å². The number of nitrogens with zero attached hydrogens (tertiary/aromatic N) is 5. The number of nitrogens with two attached hydrogens (primary N) is 1. The van der Waals surface area contributed by atoms with Crippen LogP contribution in [0.15, 0.2) is 65.6 Å². The molecule has 56 heavy (non-hydrogen) atoms. The van der Waals surface area contributed by atoms with E-state index >= 15 is 0 Å². The van der Waals surface area contributed by atoms with Gasteiger partial charge in [-0.3, -0.25) is 4.99 Å². The highest BCUT2D eigenvalue weighted by Gasteiger charge is 2.42. The van der Waals surface area contributed by atoms with Gasteiger partial charge in [0.25, 0.3) is 0 Å². The van der Waals surface area contributed by atoms with Gasteiger partial charge in [-0.2, -0.15) is 4.98 Å². The van der Waals surface area contributed by atoms with Crippen molar-refractivity contribution in [3.05, 3.63) is 62.3 Å². The van der Waals surface area contributed by atoms with Crippen LogP contribution in [0.4, 0.5) is 0 Å². The Bertz CT molecular complexity index is 1780. The molecule has 0 amide bonds. The number of fused-ring (bicyclic) bond motifs is 3. The monoisotopic (exact) mass is 962 g/mol. The van der Waals surface area contributed by atoms with Crippen molar-refractivity contribution in [1.29, 1.82) is 0 Å². The highest BCUT2D eigenvalue weighted by atomic mass is 79.9. The van der Waals surface area contributed by atoms with Crippen molar-refractivity contribution in [3.63, 3.8) is 0 Å². The molecule has 12 heteroatoms. The number of thioether (sulfide) groups is 4. The lowest BCUT2D eigenvalue weighted by Crippen LogP contribution is -2.26. The van der Waals surface area contributed by atoms with Crippen LogP contribution in [0.2, 0.25) is 0 Å². The summed E-state index contributed by atoms with van der Waals surface area (Å²) in [5.74, 6) is 1.74. The van der Waals surface area contributed by atoms with E-state index in [9.17, 15) is 0 Å². The second-order valence-electron chi connectivity index (χ2n) is 18.7. The zero-order valence-electron chi connectivity index (χ0n) is 35.9. The van der Waals surface area contributed by atoms with E-state index in [1.165, 1.54) is 22.3 Å². The van der Waals surface area contributed by atoms with E-state index in [1.807, 2.05) is 11.8 Å². The maximum atomic E-state index is 6.50. The molecule has 3 aromatic rings. The minimum Gasteiger partial charge on any atom is -0.378 e. The molecule has 0 radical (unpaired) electrons. The Kier molecular flexibility index (Phi) is 16.6. The van der Waals surface area contributed by atoms with Crippen molar-refractivity contribution in [2.24, 2.45) is 15.7 Å². The van der Waals surface area contributed by atoms with Crippen LogP contribution in [0.25, 0.3) is 11.1 Å². The molecule has 1 aliphatic carbocycles. The lowest BCUT2D eigenvalue weighted by molar-refractivity contribution is 0.407. The number of unbranched alkanes of at least 4 members (excludes halogenated alkanes) is 2. The summed E-state index contributed by atoms with van der Waals surface area (Å²) >= 11 is 14.6. The number of hydrogen-bond donors (Lipinski definition) is 1. The Balaban J connectivity index is 1.61. The van der Waals surface area contributed by atoms with Crippen molar-refractivity contribution >= 4 is 89.9 Å². The maximum absolute atomic E-state index is 6.50. The first-order valence-corrected chi connectivity index (χ1v) is 24.7. The van der Waals surface area contributed by atoms with E-state index in [4.69, 9.17) is 30.7 Å². The molecule has 1 aliphatic rings. The first-order valence-electron chi connectivity index (χ1n) is 19.8. The molecule has 2 aromatic carbocycles. The van der Waals surface area contributed by atoms with Crippen LogP contribution in [-0.4, -0.2) is 50.3 Å². The molecule has 1 heterocycles. The highest BCUT2D eigenvalue weighted by Crippen LogP contribution is 2.55. The van der Waals surface area contributed by atoms with E-state index in [2.05, 4.69) is 158 Å². The first-order chi connectivity index (χ1) is 25.8. The van der Waals surface area contributed by atoms with E-state index in [1.54, 1.807) is 35.3 Å². The third-order valence-electron chi connectivity index (χ3n) is 8.73. The Hall–Kier alpha value is -1.05. The van der Waals surface area contributed by atoms with Crippen molar-refractivity contribution in [3.8, 4) is 11.1 Å². The number of aryl methyl sites for hydroxylation is 1. The van der Waals surface area contributed by atoms with Gasteiger partial charge in [-0.05, 0) is 79.1 Å². The maximum Gasteiger partial charge on any atom is 0.192 e. The van der Waals surface area contributed by atoms with Gasteiger partial charge in [-0.1, -0.05) is 175 Å². The molecule has 0 fully saturated rings. The summed E-state index contributed by atoms with van der Waals surface area (Å²) in [5.41, 5.74) is 11.9. The molecule has 0 spiro atoms. The second kappa shape index (κ2) is 19.6. The summed E-state index contributed by atoms with van der Waals surface area (Å²) in [6.45, 7) is 28.6. The lowest BCUT2D eigenvalue weighted by atomic mass is 9.70.